The van der Waals surface area contributed by atoms with E-state index in [4.69, 9.17) is 9.63 Å². The number of hydrogen-bond acceptors (Lipinski definition) is 5. The van der Waals surface area contributed by atoms with E-state index in [-0.39, 0.29) is 11.6 Å². The van der Waals surface area contributed by atoms with E-state index in [1.807, 2.05) is 0 Å². The Bertz CT molecular complexity index is 541. The van der Waals surface area contributed by atoms with Crippen molar-refractivity contribution in [3.63, 3.8) is 0 Å². The summed E-state index contributed by atoms with van der Waals surface area (Å²) in [6, 6.07) is 5.69. The van der Waals surface area contributed by atoms with Crippen molar-refractivity contribution in [2.45, 2.75) is 5.75 Å². The van der Waals surface area contributed by atoms with Crippen molar-refractivity contribution in [1.82, 2.24) is 10.1 Å². The van der Waals surface area contributed by atoms with Gasteiger partial charge in [-0.05, 0) is 24.3 Å². The van der Waals surface area contributed by atoms with Crippen molar-refractivity contribution in [2.24, 2.45) is 0 Å². The van der Waals surface area contributed by atoms with Crippen LogP contribution >= 0.6 is 11.8 Å². The Kier molecular flexibility index (Phi) is 3.93. The average molecular weight is 268 g/mol. The van der Waals surface area contributed by atoms with E-state index < -0.39 is 5.97 Å². The lowest BCUT2D eigenvalue weighted by atomic mass is 10.2. The fourth-order valence-electron chi connectivity index (χ4n) is 1.25. The first-order valence-corrected chi connectivity index (χ1v) is 6.18. The molecule has 0 aliphatic rings. The van der Waals surface area contributed by atoms with Crippen molar-refractivity contribution in [3.05, 3.63) is 35.9 Å². The summed E-state index contributed by atoms with van der Waals surface area (Å²) in [5.41, 5.74) is 0.624. The van der Waals surface area contributed by atoms with E-state index in [0.29, 0.717) is 23.0 Å². The van der Waals surface area contributed by atoms with E-state index in [1.54, 1.807) is 0 Å². The molecule has 0 spiro atoms. The smallest absolute Gasteiger partial charge is 0.313 e. The van der Waals surface area contributed by atoms with Gasteiger partial charge in [0.05, 0.1) is 11.5 Å². The number of aromatic nitrogens is 2. The minimum Gasteiger partial charge on any atom is -0.481 e. The van der Waals surface area contributed by atoms with Crippen LogP contribution in [-0.2, 0) is 10.5 Å². The van der Waals surface area contributed by atoms with Gasteiger partial charge in [-0.25, -0.2) is 4.39 Å². The Morgan fingerprint density at radius 2 is 2.11 bits per heavy atom. The normalized spacial score (nSPS) is 10.5. The summed E-state index contributed by atoms with van der Waals surface area (Å²) < 4.78 is 17.7. The van der Waals surface area contributed by atoms with Crippen molar-refractivity contribution in [2.75, 3.05) is 5.75 Å². The van der Waals surface area contributed by atoms with Crippen molar-refractivity contribution in [3.8, 4) is 11.5 Å². The molecule has 7 heteroatoms. The van der Waals surface area contributed by atoms with Gasteiger partial charge in [-0.2, -0.15) is 4.98 Å². The zero-order valence-corrected chi connectivity index (χ0v) is 9.98. The topological polar surface area (TPSA) is 76.2 Å². The largest absolute Gasteiger partial charge is 0.481 e. The molecule has 1 N–H and O–H groups in total. The van der Waals surface area contributed by atoms with Crippen molar-refractivity contribution < 1.29 is 18.8 Å². The van der Waals surface area contributed by atoms with Gasteiger partial charge >= 0.3 is 5.97 Å². The molecule has 0 radical (unpaired) electrons. The highest BCUT2D eigenvalue weighted by Crippen LogP contribution is 2.18. The molecule has 1 aromatic heterocycles. The van der Waals surface area contributed by atoms with Gasteiger partial charge in [0.15, 0.2) is 5.82 Å². The van der Waals surface area contributed by atoms with Gasteiger partial charge < -0.3 is 9.63 Å². The summed E-state index contributed by atoms with van der Waals surface area (Å²) in [6.07, 6.45) is 0. The van der Waals surface area contributed by atoms with Crippen LogP contribution in [-0.4, -0.2) is 27.0 Å². The summed E-state index contributed by atoms with van der Waals surface area (Å²) in [5, 5.41) is 12.2. The summed E-state index contributed by atoms with van der Waals surface area (Å²) in [6.45, 7) is 0. The van der Waals surface area contributed by atoms with Crippen LogP contribution in [0.4, 0.5) is 4.39 Å². The van der Waals surface area contributed by atoms with Crippen LogP contribution in [0.3, 0.4) is 0 Å². The first-order valence-electron chi connectivity index (χ1n) is 5.03. The lowest BCUT2D eigenvalue weighted by molar-refractivity contribution is -0.133. The van der Waals surface area contributed by atoms with Crippen LogP contribution in [0.1, 0.15) is 5.82 Å². The third-order valence-electron chi connectivity index (χ3n) is 2.02. The molecule has 2 rings (SSSR count). The number of carboxylic acids is 1. The summed E-state index contributed by atoms with van der Waals surface area (Å²) in [5.74, 6) is -0.170. The average Bonchev–Trinajstić information content (AvgIpc) is 2.78. The Hall–Kier alpha value is -1.89. The van der Waals surface area contributed by atoms with Crippen LogP contribution in [0.15, 0.2) is 28.8 Å². The van der Waals surface area contributed by atoms with Crippen LogP contribution in [0.25, 0.3) is 11.5 Å². The highest BCUT2D eigenvalue weighted by atomic mass is 32.2. The number of thioether (sulfide) groups is 1. The first kappa shape index (κ1) is 12.6. The fourth-order valence-corrected chi connectivity index (χ4v) is 1.83. The van der Waals surface area contributed by atoms with E-state index in [0.717, 1.165) is 0 Å². The van der Waals surface area contributed by atoms with E-state index in [1.165, 1.54) is 36.0 Å². The number of carboxylic acid groups (broad SMARTS) is 1. The maximum Gasteiger partial charge on any atom is 0.313 e. The van der Waals surface area contributed by atoms with Gasteiger partial charge in [0.25, 0.3) is 5.89 Å². The second-order valence-corrected chi connectivity index (χ2v) is 4.39. The SMILES string of the molecule is O=C(O)CSCc1noc(-c2ccc(F)cc2)n1. The van der Waals surface area contributed by atoms with Crippen LogP contribution < -0.4 is 0 Å². The Labute approximate surface area is 106 Å². The van der Waals surface area contributed by atoms with Crippen molar-refractivity contribution >= 4 is 17.7 Å². The Morgan fingerprint density at radius 1 is 1.39 bits per heavy atom. The molecule has 5 nitrogen and oxygen atoms in total. The second-order valence-electron chi connectivity index (χ2n) is 3.41. The van der Waals surface area contributed by atoms with Gasteiger partial charge in [-0.1, -0.05) is 5.16 Å². The van der Waals surface area contributed by atoms with E-state index in [2.05, 4.69) is 10.1 Å². The van der Waals surface area contributed by atoms with Gasteiger partial charge in [0, 0.05) is 5.56 Å². The third-order valence-corrected chi connectivity index (χ3v) is 2.93. The Morgan fingerprint density at radius 3 is 2.78 bits per heavy atom. The molecular formula is C11H9FN2O3S. The number of carbonyl (C=O) groups is 1. The number of aliphatic carboxylic acids is 1. The molecule has 0 saturated carbocycles. The molecule has 0 saturated heterocycles. The monoisotopic (exact) mass is 268 g/mol. The minimum absolute atomic E-state index is 0.0135. The second kappa shape index (κ2) is 5.63. The predicted octanol–water partition coefficient (Wildman–Crippen LogP) is 2.19. The summed E-state index contributed by atoms with van der Waals surface area (Å²) >= 11 is 1.18. The van der Waals surface area contributed by atoms with E-state index in [9.17, 15) is 9.18 Å². The highest BCUT2D eigenvalue weighted by Gasteiger charge is 2.09. The van der Waals surface area contributed by atoms with Gasteiger partial charge in [0.2, 0.25) is 0 Å². The van der Waals surface area contributed by atoms with Crippen LogP contribution in [0.2, 0.25) is 0 Å². The van der Waals surface area contributed by atoms with Gasteiger partial charge in [-0.15, -0.1) is 11.8 Å². The molecule has 1 aromatic carbocycles. The summed E-state index contributed by atoms with van der Waals surface area (Å²) in [4.78, 5) is 14.4. The zero-order chi connectivity index (χ0) is 13.0. The maximum atomic E-state index is 12.7. The quantitative estimate of drug-likeness (QED) is 0.895. The van der Waals surface area contributed by atoms with Crippen LogP contribution in [0.5, 0.6) is 0 Å². The van der Waals surface area contributed by atoms with E-state index >= 15 is 0 Å². The molecule has 18 heavy (non-hydrogen) atoms. The lowest BCUT2D eigenvalue weighted by Crippen LogP contribution is -1.98. The molecule has 0 amide bonds. The highest BCUT2D eigenvalue weighted by molar-refractivity contribution is 7.99. The molecule has 0 aliphatic heterocycles. The molecule has 0 atom stereocenters. The fraction of sp³-hybridized carbons (Fsp3) is 0.182. The molecule has 0 bridgehead atoms. The van der Waals surface area contributed by atoms with Gasteiger partial charge in [0.1, 0.15) is 5.82 Å². The number of hydrogen-bond donors (Lipinski definition) is 1. The predicted molar refractivity (Wildman–Crippen MR) is 63.5 cm³/mol. The maximum absolute atomic E-state index is 12.7. The first-order chi connectivity index (χ1) is 8.65. The minimum atomic E-state index is -0.887. The molecule has 2 aromatic rings. The third kappa shape index (κ3) is 3.30. The van der Waals surface area contributed by atoms with Gasteiger partial charge in [-0.3, -0.25) is 4.79 Å². The molecule has 0 aliphatic carbocycles. The number of benzene rings is 1. The van der Waals surface area contributed by atoms with Crippen LogP contribution in [0, 0.1) is 5.82 Å². The molecule has 1 heterocycles. The molecular weight excluding hydrogens is 259 g/mol. The van der Waals surface area contributed by atoms with Crippen molar-refractivity contribution in [1.29, 1.82) is 0 Å². The zero-order valence-electron chi connectivity index (χ0n) is 9.17. The molecule has 94 valence electrons. The summed E-state index contributed by atoms with van der Waals surface area (Å²) in [7, 11) is 0. The Balaban J connectivity index is 2.01. The molecule has 0 fully saturated rings. The lowest BCUT2D eigenvalue weighted by Gasteiger charge is -1.93. The number of rotatable bonds is 5. The molecule has 0 unspecified atom stereocenters. The number of nitrogens with zero attached hydrogens (tertiary/aromatic N) is 2. The standard InChI is InChI=1S/C11H9FN2O3S/c12-8-3-1-7(2-4-8)11-13-9(14-17-11)5-18-6-10(15)16/h1-4H,5-6H2,(H,15,16). The number of halogens is 1.